The van der Waals surface area contributed by atoms with Gasteiger partial charge in [-0.05, 0) is 119 Å². The van der Waals surface area contributed by atoms with Crippen LogP contribution in [-0.4, -0.2) is 23.7 Å². The smallest absolute Gasteiger partial charge is 0.160 e. The molecule has 4 aromatic heterocycles. The van der Waals surface area contributed by atoms with Crippen LogP contribution in [0.3, 0.4) is 0 Å². The molecule has 0 saturated heterocycles. The van der Waals surface area contributed by atoms with Crippen LogP contribution in [0.4, 0.5) is 0 Å². The highest BCUT2D eigenvalue weighted by Crippen LogP contribution is 2.41. The first-order valence-corrected chi connectivity index (χ1v) is 23.6. The van der Waals surface area contributed by atoms with Crippen LogP contribution in [0.2, 0.25) is 0 Å². The molecule has 0 spiro atoms. The van der Waals surface area contributed by atoms with Crippen molar-refractivity contribution in [2.24, 2.45) is 0 Å². The zero-order valence-electron chi connectivity index (χ0n) is 37.3. The van der Waals surface area contributed by atoms with Gasteiger partial charge in [-0.2, -0.15) is 0 Å². The van der Waals surface area contributed by atoms with E-state index in [2.05, 4.69) is 250 Å². The molecule has 0 aliphatic heterocycles. The van der Waals surface area contributed by atoms with Crippen LogP contribution in [0, 0.1) is 0 Å². The molecule has 4 heterocycles. The number of rotatable bonds is 5. The molecule has 15 rings (SSSR count). The van der Waals surface area contributed by atoms with Gasteiger partial charge in [-0.1, -0.05) is 140 Å². The van der Waals surface area contributed by atoms with Crippen molar-refractivity contribution >= 4 is 97.9 Å². The van der Waals surface area contributed by atoms with Gasteiger partial charge in [0.2, 0.25) is 0 Å². The van der Waals surface area contributed by atoms with Gasteiger partial charge in [0.25, 0.3) is 0 Å². The Morgan fingerprint density at radius 3 is 1.62 bits per heavy atom. The summed E-state index contributed by atoms with van der Waals surface area (Å²) in [6, 6.07) is 85.6. The first-order chi connectivity index (χ1) is 34.2. The molecule has 0 unspecified atom stereocenters. The minimum absolute atomic E-state index is 0.691. The van der Waals surface area contributed by atoms with Crippen molar-refractivity contribution in [1.29, 1.82) is 0 Å². The standard InChI is InChI=1S/C64H39N5/c1-2-17-45(18-3-1)67-56-24-12-9-20-49(56)53-37-44(29-34-58(53)67)63-51-21-8-11-23-55(51)65-64(66-63)41-26-30-46(31-27-41)68-60-38-43-16-5-4-15-42(43)36-54(60)50-33-32-47(39-61(50)68)69-57-25-13-10-22-52(57)62-48-19-7-6-14-40(48)28-35-59(62)69/h1-39H. The van der Waals surface area contributed by atoms with Crippen LogP contribution in [0.1, 0.15) is 0 Å². The molecular formula is C64H39N5. The van der Waals surface area contributed by atoms with Crippen molar-refractivity contribution in [3.05, 3.63) is 237 Å². The molecule has 15 aromatic rings. The Balaban J connectivity index is 0.901. The first-order valence-electron chi connectivity index (χ1n) is 23.6. The lowest BCUT2D eigenvalue weighted by atomic mass is 10.0. The zero-order chi connectivity index (χ0) is 45.2. The van der Waals surface area contributed by atoms with Gasteiger partial charge in [0, 0.05) is 65.9 Å². The second-order valence-electron chi connectivity index (χ2n) is 18.2. The summed E-state index contributed by atoms with van der Waals surface area (Å²) >= 11 is 0. The van der Waals surface area contributed by atoms with E-state index in [0.29, 0.717) is 5.82 Å². The molecule has 5 heteroatoms. The third-order valence-electron chi connectivity index (χ3n) is 14.4. The van der Waals surface area contributed by atoms with Crippen LogP contribution in [-0.2, 0) is 0 Å². The Bertz CT molecular complexity index is 4590. The summed E-state index contributed by atoms with van der Waals surface area (Å²) in [6.45, 7) is 0. The maximum absolute atomic E-state index is 5.40. The fraction of sp³-hybridized carbons (Fsp3) is 0. The highest BCUT2D eigenvalue weighted by Gasteiger charge is 2.20. The fourth-order valence-electron chi connectivity index (χ4n) is 11.3. The second-order valence-corrected chi connectivity index (χ2v) is 18.2. The molecule has 0 aliphatic rings. The molecule has 0 bridgehead atoms. The van der Waals surface area contributed by atoms with Crippen molar-refractivity contribution in [2.75, 3.05) is 0 Å². The van der Waals surface area contributed by atoms with Crippen molar-refractivity contribution in [2.45, 2.75) is 0 Å². The largest absolute Gasteiger partial charge is 0.309 e. The van der Waals surface area contributed by atoms with Crippen molar-refractivity contribution in [1.82, 2.24) is 23.7 Å². The number of benzene rings is 11. The van der Waals surface area contributed by atoms with Gasteiger partial charge in [-0.3, -0.25) is 0 Å². The zero-order valence-corrected chi connectivity index (χ0v) is 37.3. The highest BCUT2D eigenvalue weighted by atomic mass is 15.0. The average molecular weight is 878 g/mol. The molecule has 0 aliphatic carbocycles. The summed E-state index contributed by atoms with van der Waals surface area (Å²) < 4.78 is 7.22. The van der Waals surface area contributed by atoms with Gasteiger partial charge < -0.3 is 13.7 Å². The van der Waals surface area contributed by atoms with Gasteiger partial charge in [0.05, 0.1) is 44.3 Å². The summed E-state index contributed by atoms with van der Waals surface area (Å²) in [4.78, 5) is 10.6. The molecule has 0 atom stereocenters. The number of hydrogen-bond acceptors (Lipinski definition) is 2. The van der Waals surface area contributed by atoms with Crippen molar-refractivity contribution in [3.8, 4) is 39.7 Å². The lowest BCUT2D eigenvalue weighted by Crippen LogP contribution is -1.98. The SMILES string of the molecule is c1ccc(-n2c3ccccc3c3cc(-c4nc(-c5ccc(-n6c7cc(-n8c9ccccc9c9c%10ccccc%10ccc98)ccc7c7cc8ccccc8cc76)cc5)nc5ccccc45)ccc32)cc1. The van der Waals surface area contributed by atoms with E-state index >= 15 is 0 Å². The molecular weight excluding hydrogens is 839 g/mol. The van der Waals surface area contributed by atoms with Gasteiger partial charge in [0.15, 0.2) is 5.82 Å². The van der Waals surface area contributed by atoms with Gasteiger partial charge in [-0.15, -0.1) is 0 Å². The van der Waals surface area contributed by atoms with Crippen LogP contribution >= 0.6 is 0 Å². The van der Waals surface area contributed by atoms with E-state index < -0.39 is 0 Å². The molecule has 0 amide bonds. The van der Waals surface area contributed by atoms with E-state index in [-0.39, 0.29) is 0 Å². The Morgan fingerprint density at radius 1 is 0.261 bits per heavy atom. The predicted molar refractivity (Wildman–Crippen MR) is 288 cm³/mol. The van der Waals surface area contributed by atoms with Crippen molar-refractivity contribution < 1.29 is 0 Å². The summed E-state index contributed by atoms with van der Waals surface area (Å²) in [5, 5.41) is 13.3. The number of fused-ring (bicyclic) bond motifs is 13. The number of nitrogens with zero attached hydrogens (tertiary/aromatic N) is 5. The predicted octanol–water partition coefficient (Wildman–Crippen LogP) is 16.6. The Kier molecular flexibility index (Phi) is 8.00. The van der Waals surface area contributed by atoms with E-state index in [9.17, 15) is 0 Å². The number of para-hydroxylation sites is 4. The molecule has 0 radical (unpaired) electrons. The Morgan fingerprint density at radius 2 is 0.797 bits per heavy atom. The molecule has 0 saturated carbocycles. The fourth-order valence-corrected chi connectivity index (χ4v) is 11.3. The molecule has 5 nitrogen and oxygen atoms in total. The van der Waals surface area contributed by atoms with E-state index in [1.165, 1.54) is 70.4 Å². The van der Waals surface area contributed by atoms with Gasteiger partial charge >= 0.3 is 0 Å². The van der Waals surface area contributed by atoms with Crippen LogP contribution in [0.5, 0.6) is 0 Å². The number of hydrogen-bond donors (Lipinski definition) is 0. The molecule has 69 heavy (non-hydrogen) atoms. The Labute approximate surface area is 396 Å². The normalized spacial score (nSPS) is 12.1. The van der Waals surface area contributed by atoms with Crippen LogP contribution in [0.15, 0.2) is 237 Å². The summed E-state index contributed by atoms with van der Waals surface area (Å²) in [5.74, 6) is 0.691. The number of aromatic nitrogens is 5. The molecule has 320 valence electrons. The van der Waals surface area contributed by atoms with E-state index in [1.807, 2.05) is 0 Å². The molecule has 0 N–H and O–H groups in total. The van der Waals surface area contributed by atoms with Crippen molar-refractivity contribution in [3.63, 3.8) is 0 Å². The lowest BCUT2D eigenvalue weighted by molar-refractivity contribution is 1.15. The quantitative estimate of drug-likeness (QED) is 0.173. The average Bonchev–Trinajstić information content (AvgIpc) is 4.05. The third-order valence-corrected chi connectivity index (χ3v) is 14.4. The summed E-state index contributed by atoms with van der Waals surface area (Å²) in [6.07, 6.45) is 0. The maximum atomic E-state index is 5.40. The highest BCUT2D eigenvalue weighted by molar-refractivity contribution is 6.22. The lowest BCUT2D eigenvalue weighted by Gasteiger charge is -2.13. The van der Waals surface area contributed by atoms with E-state index in [1.54, 1.807) is 0 Å². The topological polar surface area (TPSA) is 40.6 Å². The minimum atomic E-state index is 0.691. The third kappa shape index (κ3) is 5.65. The molecule has 0 fully saturated rings. The van der Waals surface area contributed by atoms with Crippen LogP contribution < -0.4 is 0 Å². The van der Waals surface area contributed by atoms with E-state index in [4.69, 9.17) is 9.97 Å². The summed E-state index contributed by atoms with van der Waals surface area (Å²) in [7, 11) is 0. The second kappa shape index (κ2) is 14.6. The molecule has 11 aromatic carbocycles. The monoisotopic (exact) mass is 877 g/mol. The van der Waals surface area contributed by atoms with Gasteiger partial charge in [0.1, 0.15) is 0 Å². The minimum Gasteiger partial charge on any atom is -0.309 e. The Hall–Kier alpha value is -9.32. The van der Waals surface area contributed by atoms with E-state index in [0.717, 1.165) is 61.3 Å². The maximum Gasteiger partial charge on any atom is 0.160 e. The summed E-state index contributed by atoms with van der Waals surface area (Å²) in [5.41, 5.74) is 14.2. The van der Waals surface area contributed by atoms with Crippen LogP contribution in [0.25, 0.3) is 138 Å². The van der Waals surface area contributed by atoms with Gasteiger partial charge in [-0.25, -0.2) is 9.97 Å². The first kappa shape index (κ1) is 37.9.